The van der Waals surface area contributed by atoms with Crippen LogP contribution >= 0.6 is 0 Å². The molecule has 182 valence electrons. The molecule has 0 bridgehead atoms. The number of aliphatic carboxylic acids is 2. The Morgan fingerprint density at radius 3 is 1.31 bits per heavy atom. The number of imidazole rings is 2. The SMILES string of the molecule is Cn1cnc2c1c(=O)n(CC(=O)O)c(=O)n2C.Cn1cnc2c1c(=O)n(CC(=O)O)c(=O)n2C.[Zn]. The summed E-state index contributed by atoms with van der Waals surface area (Å²) in [5.74, 6) is -2.49. The molecular weight excluding hydrogens is 522 g/mol. The summed E-state index contributed by atoms with van der Waals surface area (Å²) in [5.41, 5.74) is -1.79. The number of nitrogens with zero attached hydrogens (tertiary/aromatic N) is 8. The predicted molar refractivity (Wildman–Crippen MR) is 116 cm³/mol. The monoisotopic (exact) mass is 540 g/mol. The van der Waals surface area contributed by atoms with Crippen molar-refractivity contribution >= 4 is 34.3 Å². The molecule has 0 amide bonds. The maximum atomic E-state index is 11.9. The summed E-state index contributed by atoms with van der Waals surface area (Å²) in [6.45, 7) is -1.32. The summed E-state index contributed by atoms with van der Waals surface area (Å²) < 4.78 is 6.56. The molecule has 0 saturated carbocycles. The van der Waals surface area contributed by atoms with Gasteiger partial charge in [0.2, 0.25) is 0 Å². The van der Waals surface area contributed by atoms with Crippen LogP contribution < -0.4 is 22.5 Å². The molecule has 0 fully saturated rings. The van der Waals surface area contributed by atoms with E-state index in [9.17, 15) is 28.8 Å². The van der Waals surface area contributed by atoms with Gasteiger partial charge in [0.25, 0.3) is 11.1 Å². The zero-order chi connectivity index (χ0) is 25.5. The number of aromatic nitrogens is 8. The minimum absolute atomic E-state index is 0. The number of fused-ring (bicyclic) bond motifs is 2. The quantitative estimate of drug-likeness (QED) is 0.251. The van der Waals surface area contributed by atoms with Crippen molar-refractivity contribution in [2.75, 3.05) is 0 Å². The largest absolute Gasteiger partial charge is 0.480 e. The Labute approximate surface area is 206 Å². The Morgan fingerprint density at radius 1 is 0.714 bits per heavy atom. The number of hydrogen-bond acceptors (Lipinski definition) is 8. The van der Waals surface area contributed by atoms with E-state index in [4.69, 9.17) is 10.2 Å². The number of carboxylic acids is 2. The van der Waals surface area contributed by atoms with Crippen LogP contribution in [0.5, 0.6) is 0 Å². The van der Waals surface area contributed by atoms with Gasteiger partial charge in [-0.05, 0) is 0 Å². The molecule has 4 heterocycles. The van der Waals surface area contributed by atoms with Gasteiger partial charge in [0.15, 0.2) is 22.3 Å². The van der Waals surface area contributed by atoms with Crippen LogP contribution in [0.25, 0.3) is 22.3 Å². The van der Waals surface area contributed by atoms with Crippen molar-refractivity contribution < 1.29 is 39.3 Å². The van der Waals surface area contributed by atoms with E-state index >= 15 is 0 Å². The molecule has 0 aromatic carbocycles. The first-order valence-corrected chi connectivity index (χ1v) is 9.52. The Morgan fingerprint density at radius 2 is 1.03 bits per heavy atom. The first kappa shape index (κ1) is 27.1. The van der Waals surface area contributed by atoms with Crippen molar-refractivity contribution in [2.24, 2.45) is 28.2 Å². The molecule has 35 heavy (non-hydrogen) atoms. The van der Waals surface area contributed by atoms with E-state index in [1.807, 2.05) is 0 Å². The Bertz CT molecular complexity index is 1570. The van der Waals surface area contributed by atoms with E-state index in [1.54, 1.807) is 14.1 Å². The molecule has 2 N–H and O–H groups in total. The average Bonchev–Trinajstić information content (AvgIpc) is 3.34. The van der Waals surface area contributed by atoms with Crippen molar-refractivity contribution in [1.82, 2.24) is 37.4 Å². The van der Waals surface area contributed by atoms with Crippen LogP contribution in [0.1, 0.15) is 0 Å². The normalized spacial score (nSPS) is 10.6. The number of carboxylic acid groups (broad SMARTS) is 2. The summed E-state index contributed by atoms with van der Waals surface area (Å²) in [6.07, 6.45) is 2.80. The van der Waals surface area contributed by atoms with Gasteiger partial charge < -0.3 is 19.3 Å². The van der Waals surface area contributed by atoms with E-state index in [2.05, 4.69) is 9.97 Å². The number of aryl methyl sites for hydroxylation is 4. The zero-order valence-electron chi connectivity index (χ0n) is 19.2. The zero-order valence-corrected chi connectivity index (χ0v) is 22.2. The summed E-state index contributed by atoms with van der Waals surface area (Å²) in [5, 5.41) is 17.3. The van der Waals surface area contributed by atoms with Crippen LogP contribution in [-0.2, 0) is 70.3 Å². The third kappa shape index (κ3) is 4.75. The van der Waals surface area contributed by atoms with Crippen molar-refractivity contribution in [1.29, 1.82) is 0 Å². The van der Waals surface area contributed by atoms with Gasteiger partial charge in [0.05, 0.1) is 12.7 Å². The van der Waals surface area contributed by atoms with Gasteiger partial charge in [-0.2, -0.15) is 0 Å². The molecule has 0 spiro atoms. The van der Waals surface area contributed by atoms with Crippen LogP contribution in [0, 0.1) is 0 Å². The fourth-order valence-corrected chi connectivity index (χ4v) is 3.34. The Kier molecular flexibility index (Phi) is 7.75. The van der Waals surface area contributed by atoms with E-state index in [-0.39, 0.29) is 41.8 Å². The first-order chi connectivity index (χ1) is 15.9. The molecule has 0 unspecified atom stereocenters. The van der Waals surface area contributed by atoms with Crippen LogP contribution in [0.3, 0.4) is 0 Å². The Balaban J connectivity index is 0.000000240. The molecule has 0 radical (unpaired) electrons. The van der Waals surface area contributed by atoms with Crippen LogP contribution in [0.15, 0.2) is 31.8 Å². The second-order valence-corrected chi connectivity index (χ2v) is 7.31. The molecular formula is C18H20N8O8Zn. The van der Waals surface area contributed by atoms with Gasteiger partial charge in [0.1, 0.15) is 13.1 Å². The maximum absolute atomic E-state index is 11.9. The van der Waals surface area contributed by atoms with Crippen LogP contribution in [0.2, 0.25) is 0 Å². The van der Waals surface area contributed by atoms with Crippen molar-refractivity contribution in [3.8, 4) is 0 Å². The molecule has 4 aromatic heterocycles. The molecule has 0 atom stereocenters. The standard InChI is InChI=1S/2C9H10N4O4.Zn/c2*1-11-4-10-7-6(11)8(16)13(3-5(14)15)9(17)12(7)2;/h2*4H,3H2,1-2H3,(H,14,15);. The summed E-state index contributed by atoms with van der Waals surface area (Å²) >= 11 is 0. The number of hydrogen-bond donors (Lipinski definition) is 2. The summed E-state index contributed by atoms with van der Waals surface area (Å²) in [7, 11) is 6.09. The third-order valence-corrected chi connectivity index (χ3v) is 4.99. The van der Waals surface area contributed by atoms with E-state index in [0.29, 0.717) is 9.13 Å². The fourth-order valence-electron chi connectivity index (χ4n) is 3.34. The van der Waals surface area contributed by atoms with E-state index in [0.717, 1.165) is 9.13 Å². The van der Waals surface area contributed by atoms with Crippen molar-refractivity contribution in [3.63, 3.8) is 0 Å². The number of rotatable bonds is 4. The second kappa shape index (κ2) is 10.0. The van der Waals surface area contributed by atoms with Crippen molar-refractivity contribution in [2.45, 2.75) is 13.1 Å². The summed E-state index contributed by atoms with van der Waals surface area (Å²) in [6, 6.07) is 0. The molecule has 4 aromatic rings. The van der Waals surface area contributed by atoms with Gasteiger partial charge in [-0.25, -0.2) is 28.7 Å². The minimum Gasteiger partial charge on any atom is -0.480 e. The van der Waals surface area contributed by atoms with Crippen LogP contribution in [0.4, 0.5) is 0 Å². The van der Waals surface area contributed by atoms with Gasteiger partial charge in [-0.15, -0.1) is 0 Å². The van der Waals surface area contributed by atoms with Gasteiger partial charge >= 0.3 is 23.3 Å². The average molecular weight is 542 g/mol. The molecule has 4 rings (SSSR count). The maximum Gasteiger partial charge on any atom is 0.333 e. The van der Waals surface area contributed by atoms with Gasteiger partial charge in [-0.3, -0.25) is 28.3 Å². The van der Waals surface area contributed by atoms with Gasteiger partial charge in [0, 0.05) is 47.7 Å². The topological polar surface area (TPSA) is 198 Å². The molecule has 17 heteroatoms. The molecule has 16 nitrogen and oxygen atoms in total. The predicted octanol–water partition coefficient (Wildman–Crippen LogP) is -2.97. The Hall–Kier alpha value is -4.14. The molecule has 0 saturated heterocycles. The third-order valence-electron chi connectivity index (χ3n) is 4.99. The second-order valence-electron chi connectivity index (χ2n) is 7.31. The summed E-state index contributed by atoms with van der Waals surface area (Å²) in [4.78, 5) is 76.5. The first-order valence-electron chi connectivity index (χ1n) is 9.52. The van der Waals surface area contributed by atoms with Crippen LogP contribution in [-0.4, -0.2) is 59.5 Å². The smallest absolute Gasteiger partial charge is 0.333 e. The van der Waals surface area contributed by atoms with E-state index < -0.39 is 47.5 Å². The van der Waals surface area contributed by atoms with Crippen molar-refractivity contribution in [3.05, 3.63) is 54.3 Å². The minimum atomic E-state index is -1.24. The molecule has 0 aliphatic carbocycles. The van der Waals surface area contributed by atoms with Gasteiger partial charge in [-0.1, -0.05) is 0 Å². The van der Waals surface area contributed by atoms with E-state index in [1.165, 1.54) is 35.9 Å². The number of carbonyl (C=O) groups is 2. The fraction of sp³-hybridized carbons (Fsp3) is 0.333. The molecule has 0 aliphatic rings. The molecule has 0 aliphatic heterocycles.